The Morgan fingerprint density at radius 3 is 2.35 bits per heavy atom. The lowest BCUT2D eigenvalue weighted by molar-refractivity contribution is -0.215. The molecule has 0 aromatic rings. The third-order valence-electron chi connectivity index (χ3n) is 12.6. The summed E-state index contributed by atoms with van der Waals surface area (Å²) in [6.07, 6.45) is 8.72. The molecule has 4 aliphatic carbocycles. The van der Waals surface area contributed by atoms with E-state index >= 15 is 0 Å². The first-order valence-electron chi connectivity index (χ1n) is 16.7. The Kier molecular flexibility index (Phi) is 10.3. The van der Waals surface area contributed by atoms with Crippen molar-refractivity contribution in [2.24, 2.45) is 46.3 Å². The summed E-state index contributed by atoms with van der Waals surface area (Å²) >= 11 is 0. The molecule has 3 fully saturated rings. The largest absolute Gasteiger partial charge is 0.479 e. The highest BCUT2D eigenvalue weighted by Gasteiger charge is 2.59. The van der Waals surface area contributed by atoms with E-state index in [1.807, 2.05) is 0 Å². The van der Waals surface area contributed by atoms with Gasteiger partial charge >= 0.3 is 12.1 Å². The Bertz CT molecular complexity index is 1050. The van der Waals surface area contributed by atoms with Gasteiger partial charge in [0.25, 0.3) is 0 Å². The molecular formula is C34H57NO8. The number of carbonyl (C=O) groups excluding carboxylic acids is 1. The zero-order valence-electron chi connectivity index (χ0n) is 27.1. The smallest absolute Gasteiger partial charge is 0.407 e. The second kappa shape index (κ2) is 13.0. The molecule has 0 aromatic heterocycles. The minimum atomic E-state index is -3.01. The van der Waals surface area contributed by atoms with E-state index in [0.717, 1.165) is 36.5 Å². The molecule has 0 aromatic carbocycles. The fourth-order valence-electron chi connectivity index (χ4n) is 10.0. The van der Waals surface area contributed by atoms with Crippen LogP contribution in [0.5, 0.6) is 0 Å². The van der Waals surface area contributed by atoms with Gasteiger partial charge < -0.3 is 35.6 Å². The van der Waals surface area contributed by atoms with Gasteiger partial charge in [-0.3, -0.25) is 0 Å². The number of amides is 1. The van der Waals surface area contributed by atoms with Gasteiger partial charge in [-0.05, 0) is 98.2 Å². The van der Waals surface area contributed by atoms with Gasteiger partial charge in [-0.25, -0.2) is 9.59 Å². The quantitative estimate of drug-likeness (QED) is 0.142. The van der Waals surface area contributed by atoms with E-state index in [9.17, 15) is 35.1 Å². The molecule has 11 atom stereocenters. The van der Waals surface area contributed by atoms with Crippen molar-refractivity contribution in [3.8, 4) is 0 Å². The molecule has 0 saturated heterocycles. The van der Waals surface area contributed by atoms with E-state index in [2.05, 4.69) is 46.0 Å². The van der Waals surface area contributed by atoms with Crippen molar-refractivity contribution in [2.75, 3.05) is 0 Å². The van der Waals surface area contributed by atoms with Crippen LogP contribution in [-0.4, -0.2) is 67.7 Å². The van der Waals surface area contributed by atoms with Crippen LogP contribution in [0.15, 0.2) is 11.6 Å². The maximum atomic E-state index is 12.7. The molecule has 43 heavy (non-hydrogen) atoms. The summed E-state index contributed by atoms with van der Waals surface area (Å²) in [5.74, 6) is 2.57. The van der Waals surface area contributed by atoms with Gasteiger partial charge in [-0.1, -0.05) is 65.5 Å². The first kappa shape index (κ1) is 34.2. The summed E-state index contributed by atoms with van der Waals surface area (Å²) < 4.78 is 5.68. The van der Waals surface area contributed by atoms with Gasteiger partial charge in [0, 0.05) is 6.42 Å². The second-order valence-corrected chi connectivity index (χ2v) is 15.4. The summed E-state index contributed by atoms with van der Waals surface area (Å²) in [4.78, 5) is 24.4. The lowest BCUT2D eigenvalue weighted by atomic mass is 9.47. The molecule has 3 saturated carbocycles. The second-order valence-electron chi connectivity index (χ2n) is 15.4. The van der Waals surface area contributed by atoms with E-state index in [-0.39, 0.29) is 11.5 Å². The molecule has 6 N–H and O–H groups in total. The van der Waals surface area contributed by atoms with E-state index in [0.29, 0.717) is 30.1 Å². The molecule has 4 aliphatic rings. The van der Waals surface area contributed by atoms with E-state index in [4.69, 9.17) is 4.74 Å². The predicted molar refractivity (Wildman–Crippen MR) is 163 cm³/mol. The van der Waals surface area contributed by atoms with Crippen molar-refractivity contribution in [3.05, 3.63) is 11.6 Å². The fourth-order valence-corrected chi connectivity index (χ4v) is 10.0. The Labute approximate surface area is 257 Å². The SMILES string of the molecule is CC(C)CCC[C@@H](C)[C@H]1CCC2C3CC=C4C[C@@H](OC(=O)NC(C)[C@@](O)(C(=O)O)[C@H](O)C(O)O)CC[C@]4(C)C3CC[C@@]21C. The van der Waals surface area contributed by atoms with Gasteiger partial charge in [0.05, 0.1) is 6.04 Å². The van der Waals surface area contributed by atoms with Gasteiger partial charge in [0.2, 0.25) is 5.60 Å². The van der Waals surface area contributed by atoms with Crippen LogP contribution in [0.4, 0.5) is 4.79 Å². The summed E-state index contributed by atoms with van der Waals surface area (Å²) in [6, 6.07) is -1.55. The number of alkyl carbamates (subject to hydrolysis) is 1. The van der Waals surface area contributed by atoms with Crippen LogP contribution < -0.4 is 5.32 Å². The fraction of sp³-hybridized carbons (Fsp3) is 0.882. The number of nitrogens with one attached hydrogen (secondary N) is 1. The number of hydrogen-bond acceptors (Lipinski definition) is 7. The highest BCUT2D eigenvalue weighted by molar-refractivity contribution is 5.80. The van der Waals surface area contributed by atoms with E-state index in [1.54, 1.807) is 0 Å². The third-order valence-corrected chi connectivity index (χ3v) is 12.6. The molecule has 9 nitrogen and oxygen atoms in total. The standard InChI is InChI=1S/C34H57NO8/c1-19(2)8-7-9-20(3)25-12-13-26-24-11-10-22-18-23(14-16-32(22,5)27(24)15-17-33(25,26)6)43-31(41)35-21(4)34(42,30(39)40)28(36)29(37)38/h10,19-21,23-29,36-38,42H,7-9,11-18H2,1-6H3,(H,35,41)(H,39,40)/t20-,21?,23+,24?,25-,26?,27?,28-,32+,33-,34+/m1/s1. The Hall–Kier alpha value is -1.68. The van der Waals surface area contributed by atoms with Crippen molar-refractivity contribution in [1.82, 2.24) is 5.32 Å². The summed E-state index contributed by atoms with van der Waals surface area (Å²) in [6.45, 7) is 13.3. The number of rotatable bonds is 11. The molecule has 0 heterocycles. The first-order chi connectivity index (χ1) is 20.1. The van der Waals surface area contributed by atoms with Crippen molar-refractivity contribution < 1.29 is 39.9 Å². The molecule has 4 rings (SSSR count). The van der Waals surface area contributed by atoms with Crippen LogP contribution in [0, 0.1) is 46.3 Å². The van der Waals surface area contributed by atoms with Crippen molar-refractivity contribution in [3.63, 3.8) is 0 Å². The van der Waals surface area contributed by atoms with Crippen LogP contribution in [-0.2, 0) is 9.53 Å². The predicted octanol–water partition coefficient (Wildman–Crippen LogP) is 5.00. The first-order valence-corrected chi connectivity index (χ1v) is 16.7. The number of allylic oxidation sites excluding steroid dienone is 1. The molecule has 0 bridgehead atoms. The number of carboxylic acids is 1. The van der Waals surface area contributed by atoms with Crippen LogP contribution >= 0.6 is 0 Å². The molecule has 0 radical (unpaired) electrons. The number of fused-ring (bicyclic) bond motifs is 5. The Morgan fingerprint density at radius 2 is 1.72 bits per heavy atom. The number of aliphatic carboxylic acids is 1. The highest BCUT2D eigenvalue weighted by Crippen LogP contribution is 2.67. The minimum Gasteiger partial charge on any atom is -0.479 e. The van der Waals surface area contributed by atoms with Gasteiger partial charge in [0.1, 0.15) is 12.2 Å². The number of ether oxygens (including phenoxy) is 1. The topological polar surface area (TPSA) is 157 Å². The molecule has 0 aliphatic heterocycles. The van der Waals surface area contributed by atoms with Gasteiger partial charge in [0.15, 0.2) is 6.29 Å². The molecule has 9 heteroatoms. The lowest BCUT2D eigenvalue weighted by Crippen LogP contribution is -2.65. The van der Waals surface area contributed by atoms with Gasteiger partial charge in [-0.2, -0.15) is 0 Å². The van der Waals surface area contributed by atoms with Crippen LogP contribution in [0.2, 0.25) is 0 Å². The Morgan fingerprint density at radius 1 is 1.02 bits per heavy atom. The number of carboxylic acid groups (broad SMARTS) is 1. The van der Waals surface area contributed by atoms with E-state index < -0.39 is 36.1 Å². The van der Waals surface area contributed by atoms with Crippen LogP contribution in [0.1, 0.15) is 112 Å². The maximum absolute atomic E-state index is 12.7. The summed E-state index contributed by atoms with van der Waals surface area (Å²) in [5.41, 5.74) is -1.15. The number of hydrogen-bond donors (Lipinski definition) is 6. The molecule has 246 valence electrons. The van der Waals surface area contributed by atoms with Crippen molar-refractivity contribution in [1.29, 1.82) is 0 Å². The van der Waals surface area contributed by atoms with Crippen molar-refractivity contribution >= 4 is 12.1 Å². The Balaban J connectivity index is 1.38. The normalized spacial score (nSPS) is 37.3. The zero-order chi connectivity index (χ0) is 31.9. The molecule has 1 amide bonds. The van der Waals surface area contributed by atoms with Crippen LogP contribution in [0.25, 0.3) is 0 Å². The lowest BCUT2D eigenvalue weighted by Gasteiger charge is -2.58. The molecule has 4 unspecified atom stereocenters. The van der Waals surface area contributed by atoms with Gasteiger partial charge in [-0.15, -0.1) is 0 Å². The zero-order valence-corrected chi connectivity index (χ0v) is 27.1. The molecular weight excluding hydrogens is 550 g/mol. The van der Waals surface area contributed by atoms with Crippen molar-refractivity contribution in [2.45, 2.75) is 142 Å². The average molecular weight is 608 g/mol. The highest BCUT2D eigenvalue weighted by atomic mass is 16.6. The maximum Gasteiger partial charge on any atom is 0.407 e. The average Bonchev–Trinajstić information content (AvgIpc) is 3.29. The van der Waals surface area contributed by atoms with Crippen LogP contribution in [0.3, 0.4) is 0 Å². The summed E-state index contributed by atoms with van der Waals surface area (Å²) in [7, 11) is 0. The number of carbonyl (C=O) groups is 2. The minimum absolute atomic E-state index is 0.0831. The third kappa shape index (κ3) is 6.38. The summed E-state index contributed by atoms with van der Waals surface area (Å²) in [5, 5.41) is 50.6. The monoisotopic (exact) mass is 607 g/mol. The number of aliphatic hydroxyl groups is 4. The number of aliphatic hydroxyl groups excluding tert-OH is 2. The van der Waals surface area contributed by atoms with E-state index in [1.165, 1.54) is 57.4 Å². The molecule has 0 spiro atoms.